The van der Waals surface area contributed by atoms with Gasteiger partial charge in [-0.05, 0) is 33.1 Å². The minimum absolute atomic E-state index is 0.605. The highest BCUT2D eigenvalue weighted by molar-refractivity contribution is 4.97. The van der Waals surface area contributed by atoms with E-state index in [1.165, 1.54) is 18.5 Å². The fraction of sp³-hybridized carbons (Fsp3) is 0.833. The molecule has 0 heterocycles. The van der Waals surface area contributed by atoms with Crippen molar-refractivity contribution in [2.24, 2.45) is 5.92 Å². The Morgan fingerprint density at radius 3 is 2.23 bits per heavy atom. The van der Waals surface area contributed by atoms with Gasteiger partial charge in [-0.15, -0.1) is 0 Å². The lowest BCUT2D eigenvalue weighted by atomic mass is 10.0. The maximum absolute atomic E-state index is 2.36. The number of rotatable bonds is 5. The van der Waals surface area contributed by atoms with Crippen LogP contribution in [0.1, 0.15) is 47.5 Å². The van der Waals surface area contributed by atoms with E-state index in [0.29, 0.717) is 6.04 Å². The number of hydrogen-bond donors (Lipinski definition) is 0. The molecule has 1 nitrogen and oxygen atoms in total. The normalized spacial score (nSPS) is 14.8. The van der Waals surface area contributed by atoms with Crippen LogP contribution in [-0.2, 0) is 0 Å². The SMILES string of the molecule is CC[C@@H](C)C/C=C(/C)N(C)C(C)C. The van der Waals surface area contributed by atoms with Crippen molar-refractivity contribution in [2.75, 3.05) is 7.05 Å². The molecule has 0 aromatic heterocycles. The molecule has 0 aliphatic heterocycles. The van der Waals surface area contributed by atoms with Crippen LogP contribution in [0.2, 0.25) is 0 Å². The Labute approximate surface area is 83.8 Å². The Morgan fingerprint density at radius 2 is 1.85 bits per heavy atom. The van der Waals surface area contributed by atoms with Gasteiger partial charge in [-0.2, -0.15) is 0 Å². The van der Waals surface area contributed by atoms with Crippen molar-refractivity contribution in [1.29, 1.82) is 0 Å². The van der Waals surface area contributed by atoms with Gasteiger partial charge < -0.3 is 4.90 Å². The summed E-state index contributed by atoms with van der Waals surface area (Å²) in [6.45, 7) is 11.2. The summed E-state index contributed by atoms with van der Waals surface area (Å²) < 4.78 is 0. The van der Waals surface area contributed by atoms with Crippen molar-refractivity contribution in [3.05, 3.63) is 11.8 Å². The first kappa shape index (κ1) is 12.5. The largest absolute Gasteiger partial charge is 0.376 e. The summed E-state index contributed by atoms with van der Waals surface area (Å²) in [5.41, 5.74) is 1.40. The summed E-state index contributed by atoms with van der Waals surface area (Å²) in [6, 6.07) is 0.605. The van der Waals surface area contributed by atoms with Crippen LogP contribution in [0.25, 0.3) is 0 Å². The second kappa shape index (κ2) is 6.06. The summed E-state index contributed by atoms with van der Waals surface area (Å²) in [6.07, 6.45) is 4.84. The molecule has 0 N–H and O–H groups in total. The van der Waals surface area contributed by atoms with E-state index in [1.807, 2.05) is 0 Å². The van der Waals surface area contributed by atoms with Crippen molar-refractivity contribution in [1.82, 2.24) is 4.90 Å². The van der Waals surface area contributed by atoms with Crippen LogP contribution in [0, 0.1) is 5.92 Å². The molecule has 1 atom stereocenters. The molecule has 0 rings (SSSR count). The van der Waals surface area contributed by atoms with Gasteiger partial charge in [0.2, 0.25) is 0 Å². The molecule has 0 aliphatic carbocycles. The zero-order valence-corrected chi connectivity index (χ0v) is 10.1. The van der Waals surface area contributed by atoms with E-state index in [2.05, 4.69) is 52.6 Å². The summed E-state index contributed by atoms with van der Waals surface area (Å²) in [7, 11) is 2.16. The van der Waals surface area contributed by atoms with Gasteiger partial charge in [0.15, 0.2) is 0 Å². The highest BCUT2D eigenvalue weighted by Crippen LogP contribution is 2.12. The molecule has 0 bridgehead atoms. The van der Waals surface area contributed by atoms with Crippen molar-refractivity contribution in [3.63, 3.8) is 0 Å². The van der Waals surface area contributed by atoms with Crippen LogP contribution in [0.5, 0.6) is 0 Å². The van der Waals surface area contributed by atoms with Gasteiger partial charge in [-0.3, -0.25) is 0 Å². The first-order chi connectivity index (χ1) is 5.99. The smallest absolute Gasteiger partial charge is 0.0226 e. The van der Waals surface area contributed by atoms with Crippen molar-refractivity contribution in [2.45, 2.75) is 53.5 Å². The van der Waals surface area contributed by atoms with Gasteiger partial charge in [0, 0.05) is 18.8 Å². The molecule has 13 heavy (non-hydrogen) atoms. The van der Waals surface area contributed by atoms with E-state index >= 15 is 0 Å². The maximum atomic E-state index is 2.36. The molecule has 0 aromatic carbocycles. The van der Waals surface area contributed by atoms with E-state index in [9.17, 15) is 0 Å². The van der Waals surface area contributed by atoms with E-state index in [-0.39, 0.29) is 0 Å². The molecule has 0 unspecified atom stereocenters. The van der Waals surface area contributed by atoms with E-state index in [0.717, 1.165) is 5.92 Å². The third kappa shape index (κ3) is 4.97. The number of allylic oxidation sites excluding steroid dienone is 2. The molecule has 0 fully saturated rings. The van der Waals surface area contributed by atoms with E-state index in [4.69, 9.17) is 0 Å². The minimum Gasteiger partial charge on any atom is -0.376 e. The van der Waals surface area contributed by atoms with Gasteiger partial charge in [0.1, 0.15) is 0 Å². The zero-order valence-electron chi connectivity index (χ0n) is 10.1. The highest BCUT2D eigenvalue weighted by atomic mass is 15.1. The second-order valence-electron chi connectivity index (χ2n) is 4.30. The van der Waals surface area contributed by atoms with Crippen LogP contribution >= 0.6 is 0 Å². The molecule has 0 amide bonds. The van der Waals surface area contributed by atoms with E-state index in [1.54, 1.807) is 0 Å². The lowest BCUT2D eigenvalue weighted by Crippen LogP contribution is -2.24. The van der Waals surface area contributed by atoms with Gasteiger partial charge in [-0.25, -0.2) is 0 Å². The molecule has 0 saturated heterocycles. The Morgan fingerprint density at radius 1 is 1.31 bits per heavy atom. The van der Waals surface area contributed by atoms with Crippen molar-refractivity contribution in [3.8, 4) is 0 Å². The standard InChI is InChI=1S/C12H25N/c1-7-11(4)8-9-12(5)13(6)10(2)3/h9-11H,7-8H2,1-6H3/b12-9-/t11-/m1/s1. The van der Waals surface area contributed by atoms with Crippen LogP contribution in [-0.4, -0.2) is 18.0 Å². The predicted molar refractivity (Wildman–Crippen MR) is 60.7 cm³/mol. The van der Waals surface area contributed by atoms with Gasteiger partial charge in [0.05, 0.1) is 0 Å². The topological polar surface area (TPSA) is 3.24 Å². The molecular formula is C12H25N. The van der Waals surface area contributed by atoms with Crippen LogP contribution in [0.15, 0.2) is 11.8 Å². The fourth-order valence-electron chi connectivity index (χ4n) is 1.09. The average molecular weight is 183 g/mol. The number of hydrogen-bond acceptors (Lipinski definition) is 1. The molecule has 0 aliphatic rings. The van der Waals surface area contributed by atoms with Crippen molar-refractivity contribution < 1.29 is 0 Å². The second-order valence-corrected chi connectivity index (χ2v) is 4.30. The van der Waals surface area contributed by atoms with Gasteiger partial charge in [-0.1, -0.05) is 26.3 Å². The number of nitrogens with zero attached hydrogens (tertiary/aromatic N) is 1. The molecular weight excluding hydrogens is 158 g/mol. The Kier molecular flexibility index (Phi) is 5.85. The molecule has 0 aromatic rings. The van der Waals surface area contributed by atoms with Crippen LogP contribution < -0.4 is 0 Å². The lowest BCUT2D eigenvalue weighted by molar-refractivity contribution is 0.342. The summed E-state index contributed by atoms with van der Waals surface area (Å²) in [5.74, 6) is 0.815. The van der Waals surface area contributed by atoms with Gasteiger partial charge in [0.25, 0.3) is 0 Å². The Bertz CT molecular complexity index is 159. The Balaban J connectivity index is 4.01. The van der Waals surface area contributed by atoms with Gasteiger partial charge >= 0.3 is 0 Å². The van der Waals surface area contributed by atoms with Crippen LogP contribution in [0.3, 0.4) is 0 Å². The molecule has 78 valence electrons. The Hall–Kier alpha value is -0.460. The van der Waals surface area contributed by atoms with Crippen molar-refractivity contribution >= 4 is 0 Å². The van der Waals surface area contributed by atoms with Crippen LogP contribution in [0.4, 0.5) is 0 Å². The molecule has 0 saturated carbocycles. The molecule has 1 heteroatoms. The third-order valence-corrected chi connectivity index (χ3v) is 2.84. The molecule has 0 radical (unpaired) electrons. The fourth-order valence-corrected chi connectivity index (χ4v) is 1.09. The maximum Gasteiger partial charge on any atom is 0.0226 e. The highest BCUT2D eigenvalue weighted by Gasteiger charge is 2.03. The predicted octanol–water partition coefficient (Wildman–Crippen LogP) is 3.67. The monoisotopic (exact) mass is 183 g/mol. The van der Waals surface area contributed by atoms with E-state index < -0.39 is 0 Å². The third-order valence-electron chi connectivity index (χ3n) is 2.84. The summed E-state index contributed by atoms with van der Waals surface area (Å²) >= 11 is 0. The minimum atomic E-state index is 0.605. The molecule has 0 spiro atoms. The first-order valence-electron chi connectivity index (χ1n) is 5.38. The summed E-state index contributed by atoms with van der Waals surface area (Å²) in [4.78, 5) is 2.32. The lowest BCUT2D eigenvalue weighted by Gasteiger charge is -2.24. The quantitative estimate of drug-likeness (QED) is 0.628. The zero-order chi connectivity index (χ0) is 10.4. The average Bonchev–Trinajstić information content (AvgIpc) is 2.11. The first-order valence-corrected chi connectivity index (χ1v) is 5.38. The summed E-state index contributed by atoms with van der Waals surface area (Å²) in [5, 5.41) is 0.